The van der Waals surface area contributed by atoms with Crippen LogP contribution in [0.15, 0.2) is 83.8 Å². The highest BCUT2D eigenvalue weighted by molar-refractivity contribution is 7.92. The highest BCUT2D eigenvalue weighted by atomic mass is 32.2. The SMILES string of the molecule is CCNC(=O)[C@@H](C)N(Cc1ccc(OC)cc1)C(=O)CN(c1ccc(OC)cc1)S(=O)(=O)c1ccccc1. The zero-order valence-corrected chi connectivity index (χ0v) is 22.8. The van der Waals surface area contributed by atoms with Crippen molar-refractivity contribution in [2.75, 3.05) is 31.6 Å². The van der Waals surface area contributed by atoms with Gasteiger partial charge >= 0.3 is 0 Å². The van der Waals surface area contributed by atoms with Crippen molar-refractivity contribution in [1.29, 1.82) is 0 Å². The Kier molecular flexibility index (Phi) is 9.72. The van der Waals surface area contributed by atoms with E-state index >= 15 is 0 Å². The Hall–Kier alpha value is -4.05. The van der Waals surface area contributed by atoms with E-state index < -0.39 is 28.5 Å². The predicted octanol–water partition coefficient (Wildman–Crippen LogP) is 3.45. The van der Waals surface area contributed by atoms with Gasteiger partial charge in [-0.3, -0.25) is 13.9 Å². The van der Waals surface area contributed by atoms with Crippen molar-refractivity contribution in [2.45, 2.75) is 31.3 Å². The average molecular weight is 540 g/mol. The van der Waals surface area contributed by atoms with E-state index in [1.54, 1.807) is 87.7 Å². The minimum Gasteiger partial charge on any atom is -0.497 e. The van der Waals surface area contributed by atoms with E-state index in [9.17, 15) is 18.0 Å². The Labute approximate surface area is 224 Å². The molecule has 0 aromatic heterocycles. The molecule has 2 amide bonds. The molecule has 0 radical (unpaired) electrons. The van der Waals surface area contributed by atoms with Gasteiger partial charge in [-0.05, 0) is 67.9 Å². The lowest BCUT2D eigenvalue weighted by atomic mass is 10.1. The number of hydrogen-bond donors (Lipinski definition) is 1. The molecule has 1 N–H and O–H groups in total. The lowest BCUT2D eigenvalue weighted by Crippen LogP contribution is -2.51. The van der Waals surface area contributed by atoms with Crippen LogP contribution in [0.2, 0.25) is 0 Å². The van der Waals surface area contributed by atoms with Gasteiger partial charge in [0, 0.05) is 13.1 Å². The lowest BCUT2D eigenvalue weighted by Gasteiger charge is -2.32. The van der Waals surface area contributed by atoms with Gasteiger partial charge in [0.15, 0.2) is 0 Å². The third kappa shape index (κ3) is 6.83. The lowest BCUT2D eigenvalue weighted by molar-refractivity contribution is -0.139. The van der Waals surface area contributed by atoms with Gasteiger partial charge in [-0.25, -0.2) is 8.42 Å². The highest BCUT2D eigenvalue weighted by Crippen LogP contribution is 2.26. The fraction of sp³-hybridized carbons (Fsp3) is 0.286. The molecule has 0 heterocycles. The summed E-state index contributed by atoms with van der Waals surface area (Å²) in [6.07, 6.45) is 0. The predicted molar refractivity (Wildman–Crippen MR) is 146 cm³/mol. The molecule has 0 saturated heterocycles. The van der Waals surface area contributed by atoms with Crippen LogP contribution in [0, 0.1) is 0 Å². The number of methoxy groups -OCH3 is 2. The van der Waals surface area contributed by atoms with E-state index in [2.05, 4.69) is 5.32 Å². The van der Waals surface area contributed by atoms with Gasteiger partial charge in [0.2, 0.25) is 11.8 Å². The highest BCUT2D eigenvalue weighted by Gasteiger charge is 2.32. The fourth-order valence-corrected chi connectivity index (χ4v) is 5.26. The van der Waals surface area contributed by atoms with Crippen molar-refractivity contribution >= 4 is 27.5 Å². The summed E-state index contributed by atoms with van der Waals surface area (Å²) < 4.78 is 38.9. The molecule has 0 unspecified atom stereocenters. The molecule has 3 aromatic carbocycles. The normalized spacial score (nSPS) is 11.8. The minimum absolute atomic E-state index is 0.0436. The standard InChI is InChI=1S/C28H33N3O6S/c1-5-29-28(33)21(2)30(19-22-11-15-24(36-3)16-12-22)27(32)20-31(23-13-17-25(37-4)18-14-23)38(34,35)26-9-7-6-8-10-26/h6-18,21H,5,19-20H2,1-4H3,(H,29,33)/t21-/m1/s1. The number of nitrogens with zero attached hydrogens (tertiary/aromatic N) is 2. The first-order valence-electron chi connectivity index (χ1n) is 12.1. The third-order valence-corrected chi connectivity index (χ3v) is 7.79. The van der Waals surface area contributed by atoms with E-state index in [0.717, 1.165) is 9.87 Å². The minimum atomic E-state index is -4.11. The van der Waals surface area contributed by atoms with Gasteiger partial charge in [0.25, 0.3) is 10.0 Å². The molecule has 0 spiro atoms. The molecule has 0 aliphatic carbocycles. The third-order valence-electron chi connectivity index (χ3n) is 6.00. The molecule has 38 heavy (non-hydrogen) atoms. The van der Waals surface area contributed by atoms with Crippen LogP contribution in [-0.2, 0) is 26.2 Å². The Morgan fingerprint density at radius 1 is 0.868 bits per heavy atom. The summed E-state index contributed by atoms with van der Waals surface area (Å²) in [6.45, 7) is 3.40. The van der Waals surface area contributed by atoms with Crippen LogP contribution in [0.25, 0.3) is 0 Å². The number of nitrogens with one attached hydrogen (secondary N) is 1. The van der Waals surface area contributed by atoms with Crippen LogP contribution in [0.4, 0.5) is 5.69 Å². The van der Waals surface area contributed by atoms with E-state index in [4.69, 9.17) is 9.47 Å². The number of likely N-dealkylation sites (N-methyl/N-ethyl adjacent to an activating group) is 1. The summed E-state index contributed by atoms with van der Waals surface area (Å²) in [5, 5.41) is 2.74. The summed E-state index contributed by atoms with van der Waals surface area (Å²) in [5.41, 5.74) is 1.05. The molecule has 10 heteroatoms. The molecule has 0 aliphatic rings. The van der Waals surface area contributed by atoms with E-state index in [1.165, 1.54) is 24.1 Å². The number of anilines is 1. The summed E-state index contributed by atoms with van der Waals surface area (Å²) >= 11 is 0. The molecule has 0 aliphatic heterocycles. The molecule has 0 saturated carbocycles. The number of sulfonamides is 1. The summed E-state index contributed by atoms with van der Waals surface area (Å²) in [7, 11) is -1.04. The van der Waals surface area contributed by atoms with Crippen molar-refractivity contribution in [3.05, 3.63) is 84.4 Å². The van der Waals surface area contributed by atoms with Crippen LogP contribution >= 0.6 is 0 Å². The van der Waals surface area contributed by atoms with Crippen molar-refractivity contribution in [2.24, 2.45) is 0 Å². The Morgan fingerprint density at radius 3 is 1.95 bits per heavy atom. The average Bonchev–Trinajstić information content (AvgIpc) is 2.95. The number of ether oxygens (including phenoxy) is 2. The van der Waals surface area contributed by atoms with E-state index in [1.807, 2.05) is 0 Å². The molecule has 3 rings (SSSR count). The molecule has 3 aromatic rings. The maximum atomic E-state index is 13.8. The summed E-state index contributed by atoms with van der Waals surface area (Å²) in [6, 6.07) is 20.6. The Morgan fingerprint density at radius 2 is 1.42 bits per heavy atom. The smallest absolute Gasteiger partial charge is 0.264 e. The first-order valence-corrected chi connectivity index (χ1v) is 13.6. The van der Waals surface area contributed by atoms with Crippen molar-refractivity contribution in [1.82, 2.24) is 10.2 Å². The molecule has 202 valence electrons. The number of carbonyl (C=O) groups is 2. The van der Waals surface area contributed by atoms with Crippen molar-refractivity contribution in [3.63, 3.8) is 0 Å². The number of amides is 2. The zero-order valence-electron chi connectivity index (χ0n) is 22.0. The fourth-order valence-electron chi connectivity index (χ4n) is 3.83. The second kappa shape index (κ2) is 13.0. The number of rotatable bonds is 12. The van der Waals surface area contributed by atoms with Crippen LogP contribution in [0.5, 0.6) is 11.5 Å². The second-order valence-corrected chi connectivity index (χ2v) is 10.3. The number of benzene rings is 3. The number of hydrogen-bond acceptors (Lipinski definition) is 6. The van der Waals surface area contributed by atoms with Crippen molar-refractivity contribution < 1.29 is 27.5 Å². The molecule has 0 fully saturated rings. The largest absolute Gasteiger partial charge is 0.497 e. The topological polar surface area (TPSA) is 105 Å². The first-order chi connectivity index (χ1) is 18.2. The van der Waals surface area contributed by atoms with Crippen LogP contribution < -0.4 is 19.1 Å². The molecular weight excluding hydrogens is 506 g/mol. The van der Waals surface area contributed by atoms with Crippen molar-refractivity contribution in [3.8, 4) is 11.5 Å². The van der Waals surface area contributed by atoms with E-state index in [-0.39, 0.29) is 23.0 Å². The van der Waals surface area contributed by atoms with Crippen LogP contribution in [0.3, 0.4) is 0 Å². The molecule has 1 atom stereocenters. The Bertz CT molecular complexity index is 1310. The van der Waals surface area contributed by atoms with Gasteiger partial charge < -0.3 is 19.7 Å². The molecular formula is C28H33N3O6S. The zero-order chi connectivity index (χ0) is 27.7. The monoisotopic (exact) mass is 539 g/mol. The summed E-state index contributed by atoms with van der Waals surface area (Å²) in [4.78, 5) is 28.0. The van der Waals surface area contributed by atoms with Gasteiger partial charge in [0.1, 0.15) is 24.1 Å². The van der Waals surface area contributed by atoms with Gasteiger partial charge in [-0.15, -0.1) is 0 Å². The maximum absolute atomic E-state index is 13.8. The van der Waals surface area contributed by atoms with Crippen LogP contribution in [0.1, 0.15) is 19.4 Å². The van der Waals surface area contributed by atoms with Gasteiger partial charge in [0.05, 0.1) is 24.8 Å². The van der Waals surface area contributed by atoms with Gasteiger partial charge in [-0.1, -0.05) is 30.3 Å². The Balaban J connectivity index is 2.00. The molecule has 0 bridgehead atoms. The summed E-state index contributed by atoms with van der Waals surface area (Å²) in [5.74, 6) is 0.331. The van der Waals surface area contributed by atoms with Crippen LogP contribution in [-0.4, -0.2) is 58.5 Å². The molecule has 9 nitrogen and oxygen atoms in total. The quantitative estimate of drug-likeness (QED) is 0.378. The van der Waals surface area contributed by atoms with Gasteiger partial charge in [-0.2, -0.15) is 0 Å². The second-order valence-electron chi connectivity index (χ2n) is 8.46. The maximum Gasteiger partial charge on any atom is 0.264 e. The van der Waals surface area contributed by atoms with E-state index in [0.29, 0.717) is 18.0 Å². The first kappa shape index (κ1) is 28.5. The number of carbonyl (C=O) groups excluding carboxylic acids is 2.